The Bertz CT molecular complexity index is 346. The zero-order valence-electron chi connectivity index (χ0n) is 11.0. The van der Waals surface area contributed by atoms with E-state index in [1.165, 1.54) is 18.4 Å². The van der Waals surface area contributed by atoms with Crippen molar-refractivity contribution in [2.75, 3.05) is 19.8 Å². The molecule has 1 fully saturated rings. The average Bonchev–Trinajstić information content (AvgIpc) is 2.42. The SMILES string of the molecule is CCC(NCC1CCOCC1)c1ccc(Br)cc1. The molecule has 0 radical (unpaired) electrons. The highest BCUT2D eigenvalue weighted by molar-refractivity contribution is 9.10. The fourth-order valence-corrected chi connectivity index (χ4v) is 2.72. The first kappa shape index (κ1) is 14.0. The highest BCUT2D eigenvalue weighted by Gasteiger charge is 2.16. The van der Waals surface area contributed by atoms with Crippen molar-refractivity contribution in [3.8, 4) is 0 Å². The lowest BCUT2D eigenvalue weighted by Gasteiger charge is -2.25. The zero-order valence-corrected chi connectivity index (χ0v) is 12.6. The second-order valence-corrected chi connectivity index (χ2v) is 5.89. The highest BCUT2D eigenvalue weighted by Crippen LogP contribution is 2.21. The largest absolute Gasteiger partial charge is 0.381 e. The monoisotopic (exact) mass is 311 g/mol. The molecule has 2 nitrogen and oxygen atoms in total. The van der Waals surface area contributed by atoms with Gasteiger partial charge in [0.2, 0.25) is 0 Å². The predicted octanol–water partition coefficient (Wildman–Crippen LogP) is 3.92. The minimum absolute atomic E-state index is 0.473. The van der Waals surface area contributed by atoms with Gasteiger partial charge in [0.25, 0.3) is 0 Å². The second kappa shape index (κ2) is 7.27. The molecule has 0 spiro atoms. The van der Waals surface area contributed by atoms with E-state index in [9.17, 15) is 0 Å². The summed E-state index contributed by atoms with van der Waals surface area (Å²) >= 11 is 3.48. The van der Waals surface area contributed by atoms with E-state index in [0.717, 1.165) is 36.6 Å². The van der Waals surface area contributed by atoms with Crippen molar-refractivity contribution in [1.82, 2.24) is 5.32 Å². The molecule has 1 unspecified atom stereocenters. The highest BCUT2D eigenvalue weighted by atomic mass is 79.9. The van der Waals surface area contributed by atoms with Crippen LogP contribution in [0.1, 0.15) is 37.8 Å². The summed E-state index contributed by atoms with van der Waals surface area (Å²) in [5.74, 6) is 0.781. The molecule has 1 heterocycles. The Morgan fingerprint density at radius 1 is 1.28 bits per heavy atom. The third-order valence-corrected chi connectivity index (χ3v) is 4.20. The first-order valence-electron chi connectivity index (χ1n) is 6.86. The van der Waals surface area contributed by atoms with E-state index in [4.69, 9.17) is 4.74 Å². The van der Waals surface area contributed by atoms with Gasteiger partial charge in [0.05, 0.1) is 0 Å². The van der Waals surface area contributed by atoms with E-state index < -0.39 is 0 Å². The summed E-state index contributed by atoms with van der Waals surface area (Å²) in [5, 5.41) is 3.70. The van der Waals surface area contributed by atoms with Gasteiger partial charge in [0.1, 0.15) is 0 Å². The molecule has 0 saturated carbocycles. The maximum Gasteiger partial charge on any atom is 0.0469 e. The number of ether oxygens (including phenoxy) is 1. The molecule has 3 heteroatoms. The van der Waals surface area contributed by atoms with Gasteiger partial charge in [-0.15, -0.1) is 0 Å². The molecule has 1 aromatic rings. The average molecular weight is 312 g/mol. The van der Waals surface area contributed by atoms with Crippen LogP contribution in [-0.4, -0.2) is 19.8 Å². The molecule has 1 aliphatic heterocycles. The molecular formula is C15H22BrNO. The van der Waals surface area contributed by atoms with Gasteiger partial charge in [-0.05, 0) is 49.4 Å². The summed E-state index contributed by atoms with van der Waals surface area (Å²) in [6.45, 7) is 5.21. The van der Waals surface area contributed by atoms with Crippen LogP contribution in [0.4, 0.5) is 0 Å². The fraction of sp³-hybridized carbons (Fsp3) is 0.600. The number of rotatable bonds is 5. The van der Waals surface area contributed by atoms with Crippen LogP contribution in [0.2, 0.25) is 0 Å². The van der Waals surface area contributed by atoms with Crippen LogP contribution >= 0.6 is 15.9 Å². The Hall–Kier alpha value is -0.380. The van der Waals surface area contributed by atoms with Crippen LogP contribution < -0.4 is 5.32 Å². The maximum absolute atomic E-state index is 5.40. The molecule has 1 atom stereocenters. The van der Waals surface area contributed by atoms with Crippen molar-refractivity contribution in [2.24, 2.45) is 5.92 Å². The third kappa shape index (κ3) is 4.08. The molecule has 18 heavy (non-hydrogen) atoms. The van der Waals surface area contributed by atoms with Crippen molar-refractivity contribution in [1.29, 1.82) is 0 Å². The first-order chi connectivity index (χ1) is 8.79. The maximum atomic E-state index is 5.40. The molecule has 0 amide bonds. The Labute approximate surface area is 118 Å². The molecule has 0 aromatic heterocycles. The topological polar surface area (TPSA) is 21.3 Å². The number of halogens is 1. The Morgan fingerprint density at radius 3 is 2.56 bits per heavy atom. The van der Waals surface area contributed by atoms with Gasteiger partial charge in [-0.1, -0.05) is 35.0 Å². The third-order valence-electron chi connectivity index (χ3n) is 3.67. The molecule has 0 bridgehead atoms. The van der Waals surface area contributed by atoms with Crippen molar-refractivity contribution < 1.29 is 4.74 Å². The standard InChI is InChI=1S/C15H22BrNO/c1-2-15(13-3-5-14(16)6-4-13)17-11-12-7-9-18-10-8-12/h3-6,12,15,17H,2,7-11H2,1H3. The summed E-state index contributed by atoms with van der Waals surface area (Å²) in [6, 6.07) is 9.12. The van der Waals surface area contributed by atoms with Gasteiger partial charge in [-0.2, -0.15) is 0 Å². The molecule has 1 saturated heterocycles. The Morgan fingerprint density at radius 2 is 1.94 bits per heavy atom. The smallest absolute Gasteiger partial charge is 0.0469 e. The summed E-state index contributed by atoms with van der Waals surface area (Å²) in [4.78, 5) is 0. The molecule has 1 aromatic carbocycles. The quantitative estimate of drug-likeness (QED) is 0.890. The van der Waals surface area contributed by atoms with Gasteiger partial charge >= 0.3 is 0 Å². The minimum atomic E-state index is 0.473. The van der Waals surface area contributed by atoms with Crippen molar-refractivity contribution in [3.05, 3.63) is 34.3 Å². The summed E-state index contributed by atoms with van der Waals surface area (Å²) in [6.07, 6.45) is 3.53. The first-order valence-corrected chi connectivity index (χ1v) is 7.65. The van der Waals surface area contributed by atoms with Gasteiger partial charge in [0.15, 0.2) is 0 Å². The van der Waals surface area contributed by atoms with Crippen LogP contribution in [0.25, 0.3) is 0 Å². The van der Waals surface area contributed by atoms with Gasteiger partial charge < -0.3 is 10.1 Å². The Balaban J connectivity index is 1.86. The minimum Gasteiger partial charge on any atom is -0.381 e. The van der Waals surface area contributed by atoms with Crippen LogP contribution in [0.5, 0.6) is 0 Å². The normalized spacial score (nSPS) is 18.8. The number of hydrogen-bond acceptors (Lipinski definition) is 2. The van der Waals surface area contributed by atoms with E-state index in [2.05, 4.69) is 52.4 Å². The lowest BCUT2D eigenvalue weighted by molar-refractivity contribution is 0.0654. The molecule has 100 valence electrons. The van der Waals surface area contributed by atoms with Gasteiger partial charge in [0, 0.05) is 23.7 Å². The lowest BCUT2D eigenvalue weighted by atomic mass is 9.98. The van der Waals surface area contributed by atoms with Crippen LogP contribution in [-0.2, 0) is 4.74 Å². The van der Waals surface area contributed by atoms with Crippen molar-refractivity contribution in [2.45, 2.75) is 32.2 Å². The second-order valence-electron chi connectivity index (χ2n) is 4.98. The van der Waals surface area contributed by atoms with E-state index in [0.29, 0.717) is 6.04 Å². The van der Waals surface area contributed by atoms with E-state index in [1.807, 2.05) is 0 Å². The zero-order chi connectivity index (χ0) is 12.8. The van der Waals surface area contributed by atoms with E-state index in [1.54, 1.807) is 0 Å². The van der Waals surface area contributed by atoms with Crippen molar-refractivity contribution in [3.63, 3.8) is 0 Å². The molecule has 1 N–H and O–H groups in total. The van der Waals surface area contributed by atoms with Crippen LogP contribution in [0.15, 0.2) is 28.7 Å². The summed E-state index contributed by atoms with van der Waals surface area (Å²) in [5.41, 5.74) is 1.38. The summed E-state index contributed by atoms with van der Waals surface area (Å²) < 4.78 is 6.54. The van der Waals surface area contributed by atoms with Crippen LogP contribution in [0.3, 0.4) is 0 Å². The lowest BCUT2D eigenvalue weighted by Crippen LogP contribution is -2.30. The number of hydrogen-bond donors (Lipinski definition) is 1. The molecule has 1 aliphatic rings. The Kier molecular flexibility index (Phi) is 5.67. The fourth-order valence-electron chi connectivity index (χ4n) is 2.45. The molecule has 2 rings (SSSR count). The number of benzene rings is 1. The van der Waals surface area contributed by atoms with Gasteiger partial charge in [-0.25, -0.2) is 0 Å². The summed E-state index contributed by atoms with van der Waals surface area (Å²) in [7, 11) is 0. The predicted molar refractivity (Wildman–Crippen MR) is 78.7 cm³/mol. The van der Waals surface area contributed by atoms with E-state index in [-0.39, 0.29) is 0 Å². The molecular weight excluding hydrogens is 290 g/mol. The number of nitrogens with one attached hydrogen (secondary N) is 1. The van der Waals surface area contributed by atoms with E-state index >= 15 is 0 Å². The van der Waals surface area contributed by atoms with Gasteiger partial charge in [-0.3, -0.25) is 0 Å². The molecule has 0 aliphatic carbocycles. The van der Waals surface area contributed by atoms with Crippen LogP contribution in [0, 0.1) is 5.92 Å². The van der Waals surface area contributed by atoms with Crippen molar-refractivity contribution >= 4 is 15.9 Å².